The van der Waals surface area contributed by atoms with Crippen molar-refractivity contribution in [3.63, 3.8) is 0 Å². The molecule has 216 valence electrons. The molecule has 40 heavy (non-hydrogen) atoms. The third-order valence-corrected chi connectivity index (χ3v) is 8.41. The molecule has 2 saturated carbocycles. The molecule has 6 atom stereocenters. The summed E-state index contributed by atoms with van der Waals surface area (Å²) in [7, 11) is 0. The minimum Gasteiger partial charge on any atom is -0.431 e. The van der Waals surface area contributed by atoms with Crippen LogP contribution in [-0.2, 0) is 60.7 Å². The monoisotopic (exact) mass is 556 g/mol. The van der Waals surface area contributed by atoms with Crippen LogP contribution in [0.3, 0.4) is 0 Å². The number of allylic oxidation sites excluding steroid dienone is 2. The van der Waals surface area contributed by atoms with E-state index < -0.39 is 23.0 Å². The molecule has 0 radical (unpaired) electrons. The Morgan fingerprint density at radius 2 is 1.02 bits per heavy atom. The van der Waals surface area contributed by atoms with Crippen LogP contribution < -0.4 is 0 Å². The molecule has 2 aliphatic carbocycles. The molecule has 0 unspecified atom stereocenters. The van der Waals surface area contributed by atoms with Crippen LogP contribution in [0.25, 0.3) is 0 Å². The Morgan fingerprint density at radius 1 is 0.625 bits per heavy atom. The average molecular weight is 557 g/mol. The summed E-state index contributed by atoms with van der Waals surface area (Å²) < 4.78 is 47.1. The van der Waals surface area contributed by atoms with Crippen molar-refractivity contribution in [2.24, 2.45) is 11.8 Å². The SMILES string of the molecule is CC1=C[C@]23OCc4ccc(cc4)CO[C@@]45C=C(C)OC(=O)[C@@H]4C[C@H]5OCCOCCOCCO[C@H]2C[C@@H]3C(=O)O1. The van der Waals surface area contributed by atoms with Gasteiger partial charge in [0.1, 0.15) is 22.7 Å². The van der Waals surface area contributed by atoms with Crippen LogP contribution in [0.5, 0.6) is 0 Å². The van der Waals surface area contributed by atoms with Gasteiger partial charge in [-0.15, -0.1) is 0 Å². The molecule has 6 aliphatic rings. The fourth-order valence-electron chi connectivity index (χ4n) is 6.23. The molecule has 0 amide bonds. The first-order valence-electron chi connectivity index (χ1n) is 14.0. The van der Waals surface area contributed by atoms with Gasteiger partial charge in [-0.1, -0.05) is 24.3 Å². The second kappa shape index (κ2) is 11.3. The van der Waals surface area contributed by atoms with Crippen molar-refractivity contribution in [2.45, 2.75) is 63.3 Å². The lowest BCUT2D eigenvalue weighted by Crippen LogP contribution is -2.65. The first kappa shape index (κ1) is 27.6. The maximum absolute atomic E-state index is 12.6. The van der Waals surface area contributed by atoms with Crippen LogP contribution in [0.1, 0.15) is 37.8 Å². The van der Waals surface area contributed by atoms with Gasteiger partial charge in [-0.05, 0) is 50.0 Å². The number of rotatable bonds is 0. The van der Waals surface area contributed by atoms with Crippen molar-refractivity contribution in [3.8, 4) is 0 Å². The van der Waals surface area contributed by atoms with Crippen molar-refractivity contribution in [3.05, 3.63) is 59.1 Å². The number of hydrogen-bond donors (Lipinski definition) is 0. The summed E-state index contributed by atoms with van der Waals surface area (Å²) in [6.45, 7) is 6.52. The van der Waals surface area contributed by atoms with Gasteiger partial charge in [0, 0.05) is 0 Å². The number of ether oxygens (including phenoxy) is 8. The average Bonchev–Trinajstić information content (AvgIpc) is 2.90. The minimum atomic E-state index is -0.867. The van der Waals surface area contributed by atoms with Gasteiger partial charge in [0.15, 0.2) is 0 Å². The van der Waals surface area contributed by atoms with Gasteiger partial charge >= 0.3 is 11.9 Å². The summed E-state index contributed by atoms with van der Waals surface area (Å²) in [4.78, 5) is 25.2. The fraction of sp³-hybridized carbons (Fsp3) is 0.600. The Balaban J connectivity index is 1.19. The Labute approximate surface area is 233 Å². The van der Waals surface area contributed by atoms with E-state index in [0.29, 0.717) is 77.2 Å². The smallest absolute Gasteiger partial charge is 0.317 e. The first-order valence-corrected chi connectivity index (χ1v) is 14.0. The molecule has 7 rings (SSSR count). The molecule has 2 spiro atoms. The van der Waals surface area contributed by atoms with E-state index in [1.165, 1.54) is 0 Å². The molecule has 10 nitrogen and oxygen atoms in total. The number of carbonyl (C=O) groups excluding carboxylic acids is 2. The molecule has 10 heteroatoms. The number of hydrogen-bond acceptors (Lipinski definition) is 10. The summed E-state index contributed by atoms with van der Waals surface area (Å²) in [5.41, 5.74) is 0.176. The first-order chi connectivity index (χ1) is 19.4. The largest absolute Gasteiger partial charge is 0.431 e. The number of esters is 2. The van der Waals surface area contributed by atoms with Crippen molar-refractivity contribution in [1.29, 1.82) is 0 Å². The van der Waals surface area contributed by atoms with E-state index in [-0.39, 0.29) is 24.1 Å². The Kier molecular flexibility index (Phi) is 7.82. The fourth-order valence-corrected chi connectivity index (χ4v) is 6.23. The van der Waals surface area contributed by atoms with Crippen LogP contribution in [-0.4, -0.2) is 75.0 Å². The maximum atomic E-state index is 12.6. The van der Waals surface area contributed by atoms with Crippen LogP contribution in [0.15, 0.2) is 47.9 Å². The van der Waals surface area contributed by atoms with E-state index >= 15 is 0 Å². The van der Waals surface area contributed by atoms with Crippen LogP contribution in [0.2, 0.25) is 0 Å². The lowest BCUT2D eigenvalue weighted by Gasteiger charge is -2.53. The molecule has 2 bridgehead atoms. The van der Waals surface area contributed by atoms with Crippen molar-refractivity contribution >= 4 is 11.9 Å². The van der Waals surface area contributed by atoms with Gasteiger partial charge in [-0.2, -0.15) is 0 Å². The topological polar surface area (TPSA) is 108 Å². The summed E-state index contributed by atoms with van der Waals surface area (Å²) in [5, 5.41) is 0. The number of cyclic esters (lactones) is 2. The van der Waals surface area contributed by atoms with Gasteiger partial charge in [-0.25, -0.2) is 0 Å². The van der Waals surface area contributed by atoms with Crippen LogP contribution in [0.4, 0.5) is 0 Å². The molecule has 0 aromatic heterocycles. The number of benzene rings is 1. The normalized spacial score (nSPS) is 37.1. The lowest BCUT2D eigenvalue weighted by atomic mass is 9.65. The zero-order chi connectivity index (χ0) is 27.7. The van der Waals surface area contributed by atoms with Crippen LogP contribution >= 0.6 is 0 Å². The summed E-state index contributed by atoms with van der Waals surface area (Å²) in [5.74, 6) is -0.343. The zero-order valence-electron chi connectivity index (χ0n) is 22.9. The second-order valence-electron chi connectivity index (χ2n) is 11.0. The number of carbonyl (C=O) groups is 2. The van der Waals surface area contributed by atoms with Crippen molar-refractivity contribution in [2.75, 3.05) is 39.6 Å². The predicted octanol–water partition coefficient (Wildman–Crippen LogP) is 2.98. The molecule has 1 aromatic carbocycles. The summed E-state index contributed by atoms with van der Waals surface area (Å²) in [6, 6.07) is 7.92. The summed E-state index contributed by atoms with van der Waals surface area (Å²) >= 11 is 0. The maximum Gasteiger partial charge on any atom is 0.317 e. The van der Waals surface area contributed by atoms with Gasteiger partial charge in [0.05, 0.1) is 76.9 Å². The standard InChI is InChI=1S/C30H36O10/c1-19-15-29-23(27(31)39-19)13-25(29)35-11-9-33-7-8-34-10-12-36-26-14-24-28(32)40-20(2)16-30(24,26)38-18-22-5-3-21(4-6-22)17-37-29/h3-6,15-16,23-26H,7-14,17-18H2,1-2H3/t23-,24+,25+,26-,29-,30+. The highest BCUT2D eigenvalue weighted by atomic mass is 16.6. The van der Waals surface area contributed by atoms with Gasteiger partial charge < -0.3 is 37.9 Å². The highest BCUT2D eigenvalue weighted by Crippen LogP contribution is 2.50. The van der Waals surface area contributed by atoms with Gasteiger partial charge in [-0.3, -0.25) is 9.59 Å². The van der Waals surface area contributed by atoms with Crippen LogP contribution in [0, 0.1) is 11.8 Å². The summed E-state index contributed by atoms with van der Waals surface area (Å²) in [6.07, 6.45) is 4.27. The Morgan fingerprint density at radius 3 is 1.45 bits per heavy atom. The van der Waals surface area contributed by atoms with Crippen molar-refractivity contribution in [1.82, 2.24) is 0 Å². The molecular weight excluding hydrogens is 520 g/mol. The zero-order valence-corrected chi connectivity index (χ0v) is 22.9. The van der Waals surface area contributed by atoms with E-state index in [0.717, 1.165) is 11.1 Å². The molecule has 2 fully saturated rings. The highest BCUT2D eigenvalue weighted by Gasteiger charge is 2.63. The molecule has 0 N–H and O–H groups in total. The molecule has 4 heterocycles. The lowest BCUT2D eigenvalue weighted by molar-refractivity contribution is -0.236. The highest BCUT2D eigenvalue weighted by molar-refractivity contribution is 5.79. The van der Waals surface area contributed by atoms with E-state index in [4.69, 9.17) is 37.9 Å². The van der Waals surface area contributed by atoms with Gasteiger partial charge in [0.25, 0.3) is 0 Å². The van der Waals surface area contributed by atoms with E-state index in [2.05, 4.69) is 0 Å². The Bertz CT molecular complexity index is 1080. The minimum absolute atomic E-state index is 0.274. The predicted molar refractivity (Wildman–Crippen MR) is 139 cm³/mol. The van der Waals surface area contributed by atoms with Gasteiger partial charge in [0.2, 0.25) is 0 Å². The third kappa shape index (κ3) is 5.13. The van der Waals surface area contributed by atoms with E-state index in [1.54, 1.807) is 13.8 Å². The Hall–Kier alpha value is -2.60. The second-order valence-corrected chi connectivity index (χ2v) is 11.0. The number of fused-ring (bicyclic) bond motifs is 13. The third-order valence-electron chi connectivity index (χ3n) is 8.41. The van der Waals surface area contributed by atoms with E-state index in [9.17, 15) is 9.59 Å². The molecular formula is C30H36O10. The quantitative estimate of drug-likeness (QED) is 0.350. The molecule has 1 aromatic rings. The molecule has 0 saturated heterocycles. The molecule has 4 aliphatic heterocycles. The van der Waals surface area contributed by atoms with Crippen molar-refractivity contribution < 1.29 is 47.5 Å². The van der Waals surface area contributed by atoms with E-state index in [1.807, 2.05) is 36.4 Å².